The van der Waals surface area contributed by atoms with Crippen LogP contribution in [0.1, 0.15) is 34.0 Å². The zero-order chi connectivity index (χ0) is 25.2. The van der Waals surface area contributed by atoms with Crippen molar-refractivity contribution in [3.63, 3.8) is 0 Å². The van der Waals surface area contributed by atoms with Crippen LogP contribution in [-0.4, -0.2) is 37.7 Å². The van der Waals surface area contributed by atoms with E-state index in [0.717, 1.165) is 47.1 Å². The molecule has 1 amide bonds. The average Bonchev–Trinajstić information content (AvgIpc) is 3.47. The summed E-state index contributed by atoms with van der Waals surface area (Å²) >= 11 is 0. The van der Waals surface area contributed by atoms with Crippen LogP contribution >= 0.6 is 0 Å². The van der Waals surface area contributed by atoms with Gasteiger partial charge in [0.25, 0.3) is 5.91 Å². The van der Waals surface area contributed by atoms with Crippen molar-refractivity contribution in [2.45, 2.75) is 20.0 Å². The van der Waals surface area contributed by atoms with Crippen LogP contribution in [0.2, 0.25) is 0 Å². The van der Waals surface area contributed by atoms with Crippen molar-refractivity contribution in [3.8, 4) is 11.5 Å². The molecule has 2 N–H and O–H groups in total. The van der Waals surface area contributed by atoms with Crippen molar-refractivity contribution in [2.24, 2.45) is 0 Å². The third kappa shape index (κ3) is 4.76. The summed E-state index contributed by atoms with van der Waals surface area (Å²) < 4.78 is 15.6. The van der Waals surface area contributed by atoms with Crippen molar-refractivity contribution in [2.75, 3.05) is 31.6 Å². The lowest BCUT2D eigenvalue weighted by atomic mass is 10.0. The number of esters is 1. The van der Waals surface area contributed by atoms with Crippen molar-refractivity contribution in [1.29, 1.82) is 0 Å². The number of fused-ring (bicyclic) bond motifs is 2. The Morgan fingerprint density at radius 1 is 1.00 bits per heavy atom. The topological polar surface area (TPSA) is 89.1 Å². The Morgan fingerprint density at radius 3 is 2.50 bits per heavy atom. The van der Waals surface area contributed by atoms with Gasteiger partial charge in [-0.1, -0.05) is 24.3 Å². The van der Waals surface area contributed by atoms with Gasteiger partial charge in [0.15, 0.2) is 11.5 Å². The Balaban J connectivity index is 1.24. The molecule has 3 aromatic carbocycles. The first-order valence-electron chi connectivity index (χ1n) is 11.6. The number of nitrogens with one attached hydrogen (secondary N) is 2. The Hall–Kier alpha value is -4.30. The van der Waals surface area contributed by atoms with E-state index >= 15 is 0 Å². The Labute approximate surface area is 209 Å². The van der Waals surface area contributed by atoms with Crippen LogP contribution in [0, 0.1) is 0 Å². The first-order valence-corrected chi connectivity index (χ1v) is 11.6. The fraction of sp³-hybridized carbons (Fsp3) is 0.214. The van der Waals surface area contributed by atoms with E-state index in [9.17, 15) is 9.59 Å². The van der Waals surface area contributed by atoms with Crippen LogP contribution in [-0.2, 0) is 22.6 Å². The Bertz CT molecular complexity index is 1360. The third-order valence-corrected chi connectivity index (χ3v) is 6.19. The van der Waals surface area contributed by atoms with Gasteiger partial charge < -0.3 is 24.8 Å². The summed E-state index contributed by atoms with van der Waals surface area (Å²) in [6, 6.07) is 19.2. The summed E-state index contributed by atoms with van der Waals surface area (Å²) in [4.78, 5) is 26.7. The number of anilines is 2. The van der Waals surface area contributed by atoms with Crippen molar-refractivity contribution in [1.82, 2.24) is 4.90 Å². The molecule has 0 unspecified atom stereocenters. The van der Waals surface area contributed by atoms with Gasteiger partial charge in [0, 0.05) is 30.0 Å². The number of ether oxygens (including phenoxy) is 3. The molecule has 0 bridgehead atoms. The molecule has 0 atom stereocenters. The van der Waals surface area contributed by atoms with Crippen molar-refractivity contribution >= 4 is 28.8 Å². The molecule has 0 radical (unpaired) electrons. The minimum atomic E-state index is -0.444. The van der Waals surface area contributed by atoms with Gasteiger partial charge in [-0.15, -0.1) is 0 Å². The second-order valence-corrected chi connectivity index (χ2v) is 8.89. The molecule has 36 heavy (non-hydrogen) atoms. The maximum Gasteiger partial charge on any atom is 0.337 e. The van der Waals surface area contributed by atoms with Gasteiger partial charge in [-0.25, -0.2) is 4.79 Å². The molecule has 2 aliphatic heterocycles. The fourth-order valence-electron chi connectivity index (χ4n) is 4.48. The quantitative estimate of drug-likeness (QED) is 0.373. The van der Waals surface area contributed by atoms with Crippen LogP contribution < -0.4 is 20.1 Å². The largest absolute Gasteiger partial charge is 0.465 e. The molecule has 184 valence electrons. The highest BCUT2D eigenvalue weighted by atomic mass is 16.7. The molecule has 2 aliphatic rings. The highest BCUT2D eigenvalue weighted by Crippen LogP contribution is 2.35. The molecule has 0 aromatic heterocycles. The molecular weight excluding hydrogens is 458 g/mol. The Morgan fingerprint density at radius 2 is 1.72 bits per heavy atom. The average molecular weight is 486 g/mol. The summed E-state index contributed by atoms with van der Waals surface area (Å²) in [5.74, 6) is 0.933. The van der Waals surface area contributed by atoms with Crippen LogP contribution in [0.4, 0.5) is 11.4 Å². The van der Waals surface area contributed by atoms with E-state index in [-0.39, 0.29) is 12.7 Å². The van der Waals surface area contributed by atoms with E-state index in [2.05, 4.69) is 40.8 Å². The van der Waals surface area contributed by atoms with E-state index in [1.165, 1.54) is 12.7 Å². The molecule has 0 saturated heterocycles. The minimum Gasteiger partial charge on any atom is -0.465 e. The van der Waals surface area contributed by atoms with E-state index in [0.29, 0.717) is 16.8 Å². The van der Waals surface area contributed by atoms with E-state index in [4.69, 9.17) is 14.2 Å². The lowest BCUT2D eigenvalue weighted by Crippen LogP contribution is -2.17. The molecule has 2 heterocycles. The first kappa shape index (κ1) is 23.4. The number of methoxy groups -OCH3 is 1. The minimum absolute atomic E-state index is 0.209. The van der Waals surface area contributed by atoms with Gasteiger partial charge in [-0.05, 0) is 61.5 Å². The number of carbonyl (C=O) groups is 2. The SMILES string of the molecule is COC(=O)c1ccc2c(c1)NC(=O)/C2=C(/C)Nc1ccc(CN(C)Cc2ccc3c(c2)OCO3)cc1. The molecule has 8 heteroatoms. The smallest absolute Gasteiger partial charge is 0.337 e. The second-order valence-electron chi connectivity index (χ2n) is 8.89. The Kier molecular flexibility index (Phi) is 6.35. The standard InChI is InChI=1S/C28H27N3O5/c1-17(26-22-10-7-20(28(33)34-3)13-23(22)30-27(26)32)29-21-8-4-18(5-9-21)14-31(2)15-19-6-11-24-25(12-19)36-16-35-24/h4-13,29H,14-16H2,1-3H3,(H,30,32)/b26-17-. The third-order valence-electron chi connectivity index (χ3n) is 6.19. The van der Waals surface area contributed by atoms with Crippen molar-refractivity contribution in [3.05, 3.63) is 88.6 Å². The van der Waals surface area contributed by atoms with Gasteiger partial charge in [0.1, 0.15) is 0 Å². The van der Waals surface area contributed by atoms with Crippen LogP contribution in [0.25, 0.3) is 5.57 Å². The van der Waals surface area contributed by atoms with Gasteiger partial charge >= 0.3 is 5.97 Å². The van der Waals surface area contributed by atoms with Crippen LogP contribution in [0.3, 0.4) is 0 Å². The number of hydrogen-bond donors (Lipinski definition) is 2. The summed E-state index contributed by atoms with van der Waals surface area (Å²) in [7, 11) is 3.41. The number of carbonyl (C=O) groups excluding carboxylic acids is 2. The van der Waals surface area contributed by atoms with Gasteiger partial charge in [0.05, 0.1) is 23.9 Å². The molecule has 0 spiro atoms. The lowest BCUT2D eigenvalue weighted by molar-refractivity contribution is -0.110. The van der Waals surface area contributed by atoms with Crippen LogP contribution in [0.15, 0.2) is 66.4 Å². The van der Waals surface area contributed by atoms with E-state index < -0.39 is 5.97 Å². The molecule has 0 fully saturated rings. The molecule has 5 rings (SSSR count). The maximum atomic E-state index is 12.7. The first-order chi connectivity index (χ1) is 17.4. The monoisotopic (exact) mass is 485 g/mol. The van der Waals surface area contributed by atoms with E-state index in [1.54, 1.807) is 18.2 Å². The molecule has 3 aromatic rings. The van der Waals surface area contributed by atoms with Gasteiger partial charge in [-0.2, -0.15) is 0 Å². The molecule has 8 nitrogen and oxygen atoms in total. The number of amides is 1. The summed E-state index contributed by atoms with van der Waals surface area (Å²) in [5, 5.41) is 6.17. The predicted octanol–water partition coefficient (Wildman–Crippen LogP) is 4.63. The summed E-state index contributed by atoms with van der Waals surface area (Å²) in [6.07, 6.45) is 0. The maximum absolute atomic E-state index is 12.7. The number of nitrogens with zero attached hydrogens (tertiary/aromatic N) is 1. The zero-order valence-corrected chi connectivity index (χ0v) is 20.4. The predicted molar refractivity (Wildman–Crippen MR) is 137 cm³/mol. The highest BCUT2D eigenvalue weighted by Gasteiger charge is 2.27. The van der Waals surface area contributed by atoms with Gasteiger partial charge in [-0.3, -0.25) is 9.69 Å². The van der Waals surface area contributed by atoms with Gasteiger partial charge in [0.2, 0.25) is 6.79 Å². The number of hydrogen-bond acceptors (Lipinski definition) is 7. The number of rotatable bonds is 7. The molecular formula is C28H27N3O5. The van der Waals surface area contributed by atoms with E-state index in [1.807, 2.05) is 31.2 Å². The molecule has 0 aliphatic carbocycles. The highest BCUT2D eigenvalue weighted by molar-refractivity contribution is 6.32. The summed E-state index contributed by atoms with van der Waals surface area (Å²) in [6.45, 7) is 3.71. The van der Waals surface area contributed by atoms with Crippen LogP contribution in [0.5, 0.6) is 11.5 Å². The molecule has 0 saturated carbocycles. The zero-order valence-electron chi connectivity index (χ0n) is 20.4. The van der Waals surface area contributed by atoms with Crippen molar-refractivity contribution < 1.29 is 23.8 Å². The summed E-state index contributed by atoms with van der Waals surface area (Å²) in [5.41, 5.74) is 6.24. The fourth-order valence-corrected chi connectivity index (χ4v) is 4.48. The second kappa shape index (κ2) is 9.75. The number of benzene rings is 3. The number of allylic oxidation sites excluding steroid dienone is 1. The normalized spacial score (nSPS) is 14.9. The lowest BCUT2D eigenvalue weighted by Gasteiger charge is -2.17.